The molecule has 1 atom stereocenters. The van der Waals surface area contributed by atoms with Crippen molar-refractivity contribution in [2.24, 2.45) is 0 Å². The van der Waals surface area contributed by atoms with Crippen molar-refractivity contribution in [3.8, 4) is 0 Å². The minimum Gasteiger partial charge on any atom is -0.380 e. The van der Waals surface area contributed by atoms with Crippen LogP contribution in [0.5, 0.6) is 0 Å². The van der Waals surface area contributed by atoms with Crippen molar-refractivity contribution < 1.29 is 4.79 Å². The Hall–Kier alpha value is -2.36. The van der Waals surface area contributed by atoms with Gasteiger partial charge in [0.25, 0.3) is 0 Å². The SMILES string of the molecule is CC[C@H](C)Nc1ccc(CCCC=O)nc1N(Cc1ccccc1)C1CCCC1. The third-order valence-corrected chi connectivity index (χ3v) is 5.94. The molecular formula is C25H35N3O. The van der Waals surface area contributed by atoms with Crippen LogP contribution in [-0.2, 0) is 17.8 Å². The zero-order valence-corrected chi connectivity index (χ0v) is 17.9. The van der Waals surface area contributed by atoms with Gasteiger partial charge in [-0.15, -0.1) is 0 Å². The molecule has 1 aliphatic carbocycles. The van der Waals surface area contributed by atoms with Crippen molar-refractivity contribution >= 4 is 17.8 Å². The maximum atomic E-state index is 10.7. The van der Waals surface area contributed by atoms with Crippen molar-refractivity contribution in [1.82, 2.24) is 4.98 Å². The van der Waals surface area contributed by atoms with Gasteiger partial charge in [0, 0.05) is 30.7 Å². The highest BCUT2D eigenvalue weighted by molar-refractivity contribution is 5.67. The Morgan fingerprint density at radius 3 is 2.62 bits per heavy atom. The lowest BCUT2D eigenvalue weighted by Gasteiger charge is -2.33. The molecule has 2 aromatic rings. The number of hydrogen-bond donors (Lipinski definition) is 1. The van der Waals surface area contributed by atoms with Crippen LogP contribution in [-0.4, -0.2) is 23.4 Å². The Balaban J connectivity index is 1.94. The van der Waals surface area contributed by atoms with Crippen molar-refractivity contribution in [1.29, 1.82) is 0 Å². The lowest BCUT2D eigenvalue weighted by molar-refractivity contribution is -0.107. The molecule has 0 aliphatic heterocycles. The first-order valence-electron chi connectivity index (χ1n) is 11.2. The highest BCUT2D eigenvalue weighted by atomic mass is 16.1. The molecule has 1 fully saturated rings. The molecule has 1 heterocycles. The predicted molar refractivity (Wildman–Crippen MR) is 121 cm³/mol. The first-order chi connectivity index (χ1) is 14.2. The van der Waals surface area contributed by atoms with Gasteiger partial charge in [0.15, 0.2) is 5.82 Å². The van der Waals surface area contributed by atoms with Crippen molar-refractivity contribution in [2.45, 2.75) is 83.8 Å². The van der Waals surface area contributed by atoms with Crippen LogP contribution in [0.15, 0.2) is 42.5 Å². The average Bonchev–Trinajstić information content (AvgIpc) is 3.28. The Bertz CT molecular complexity index is 756. The Labute approximate surface area is 175 Å². The average molecular weight is 394 g/mol. The van der Waals surface area contributed by atoms with Crippen molar-refractivity contribution in [2.75, 3.05) is 10.2 Å². The number of unbranched alkanes of at least 4 members (excludes halogenated alkanes) is 1. The van der Waals surface area contributed by atoms with E-state index in [1.165, 1.54) is 31.2 Å². The van der Waals surface area contributed by atoms with Gasteiger partial charge in [-0.2, -0.15) is 0 Å². The van der Waals surface area contributed by atoms with Crippen molar-refractivity contribution in [3.63, 3.8) is 0 Å². The van der Waals surface area contributed by atoms with Crippen LogP contribution in [0.2, 0.25) is 0 Å². The quantitative estimate of drug-likeness (QED) is 0.389. The van der Waals surface area contributed by atoms with E-state index < -0.39 is 0 Å². The molecule has 0 spiro atoms. The molecule has 0 radical (unpaired) electrons. The Kier molecular flexibility index (Phi) is 8.09. The number of pyridine rings is 1. The van der Waals surface area contributed by atoms with Crippen LogP contribution in [0.25, 0.3) is 0 Å². The van der Waals surface area contributed by atoms with Gasteiger partial charge in [-0.05, 0) is 56.7 Å². The van der Waals surface area contributed by atoms with Gasteiger partial charge in [-0.25, -0.2) is 4.98 Å². The first-order valence-corrected chi connectivity index (χ1v) is 11.2. The number of nitrogens with zero attached hydrogens (tertiary/aromatic N) is 2. The summed E-state index contributed by atoms with van der Waals surface area (Å²) in [5, 5.41) is 3.68. The molecule has 0 saturated heterocycles. The summed E-state index contributed by atoms with van der Waals surface area (Å²) >= 11 is 0. The molecule has 1 aliphatic rings. The molecular weight excluding hydrogens is 358 g/mol. The first kappa shape index (κ1) is 21.4. The van der Waals surface area contributed by atoms with Gasteiger partial charge in [0.1, 0.15) is 6.29 Å². The number of carbonyl (C=O) groups excluding carboxylic acids is 1. The fraction of sp³-hybridized carbons (Fsp3) is 0.520. The summed E-state index contributed by atoms with van der Waals surface area (Å²) in [6, 6.07) is 16.0. The summed E-state index contributed by atoms with van der Waals surface area (Å²) in [5.41, 5.74) is 3.52. The van der Waals surface area contributed by atoms with Crippen LogP contribution in [0.4, 0.5) is 11.5 Å². The Morgan fingerprint density at radius 1 is 1.17 bits per heavy atom. The maximum Gasteiger partial charge on any atom is 0.152 e. The third-order valence-electron chi connectivity index (χ3n) is 5.94. The lowest BCUT2D eigenvalue weighted by atomic mass is 10.1. The van der Waals surface area contributed by atoms with E-state index in [9.17, 15) is 4.79 Å². The van der Waals surface area contributed by atoms with E-state index in [0.717, 1.165) is 49.3 Å². The molecule has 1 N–H and O–H groups in total. The molecule has 1 saturated carbocycles. The van der Waals surface area contributed by atoms with E-state index in [4.69, 9.17) is 4.98 Å². The third kappa shape index (κ3) is 6.06. The standard InChI is InChI=1S/C25H35N3O/c1-3-20(2)26-24-17-16-22(13-9-10-18-29)27-25(24)28(23-14-7-8-15-23)19-21-11-5-4-6-12-21/h4-6,11-12,16-18,20,23,26H,3,7-10,13-15,19H2,1-2H3/t20-/m0/s1. The summed E-state index contributed by atoms with van der Waals surface area (Å²) in [7, 11) is 0. The summed E-state index contributed by atoms with van der Waals surface area (Å²) < 4.78 is 0. The van der Waals surface area contributed by atoms with Gasteiger partial charge in [0.2, 0.25) is 0 Å². The zero-order chi connectivity index (χ0) is 20.5. The fourth-order valence-corrected chi connectivity index (χ4v) is 4.07. The monoisotopic (exact) mass is 393 g/mol. The van der Waals surface area contributed by atoms with E-state index in [1.54, 1.807) is 0 Å². The summed E-state index contributed by atoms with van der Waals surface area (Å²) in [6.45, 7) is 5.31. The largest absolute Gasteiger partial charge is 0.380 e. The summed E-state index contributed by atoms with van der Waals surface area (Å²) in [4.78, 5) is 18.4. The number of aldehydes is 1. The maximum absolute atomic E-state index is 10.7. The second kappa shape index (κ2) is 11.0. The van der Waals surface area contributed by atoms with E-state index in [2.05, 4.69) is 66.5 Å². The van der Waals surface area contributed by atoms with Crippen LogP contribution in [0.3, 0.4) is 0 Å². The molecule has 1 aromatic carbocycles. The van der Waals surface area contributed by atoms with Crippen molar-refractivity contribution in [3.05, 3.63) is 53.7 Å². The van der Waals surface area contributed by atoms with Gasteiger partial charge in [0.05, 0.1) is 5.69 Å². The molecule has 4 nitrogen and oxygen atoms in total. The van der Waals surface area contributed by atoms with Gasteiger partial charge in [-0.3, -0.25) is 0 Å². The lowest BCUT2D eigenvalue weighted by Crippen LogP contribution is -2.34. The number of nitrogens with one attached hydrogen (secondary N) is 1. The second-order valence-electron chi connectivity index (χ2n) is 8.24. The van der Waals surface area contributed by atoms with Crippen LogP contribution in [0.1, 0.15) is 70.1 Å². The number of rotatable bonds is 11. The molecule has 0 unspecified atom stereocenters. The molecule has 3 rings (SSSR count). The summed E-state index contributed by atoms with van der Waals surface area (Å²) in [5.74, 6) is 1.07. The highest BCUT2D eigenvalue weighted by Crippen LogP contribution is 2.34. The summed E-state index contributed by atoms with van der Waals surface area (Å²) in [6.07, 6.45) is 9.42. The fourth-order valence-electron chi connectivity index (χ4n) is 4.07. The van der Waals surface area contributed by atoms with Gasteiger partial charge >= 0.3 is 0 Å². The molecule has 4 heteroatoms. The zero-order valence-electron chi connectivity index (χ0n) is 17.9. The number of aromatic nitrogens is 1. The van der Waals surface area contributed by atoms with Crippen LogP contribution >= 0.6 is 0 Å². The predicted octanol–water partition coefficient (Wildman–Crippen LogP) is 5.76. The van der Waals surface area contributed by atoms with E-state index in [0.29, 0.717) is 18.5 Å². The van der Waals surface area contributed by atoms with Gasteiger partial charge < -0.3 is 15.0 Å². The molecule has 1 aromatic heterocycles. The normalized spacial score (nSPS) is 15.2. The highest BCUT2D eigenvalue weighted by Gasteiger charge is 2.26. The number of benzene rings is 1. The molecule has 29 heavy (non-hydrogen) atoms. The molecule has 0 bridgehead atoms. The van der Waals surface area contributed by atoms with E-state index >= 15 is 0 Å². The molecule has 156 valence electrons. The van der Waals surface area contributed by atoms with E-state index in [-0.39, 0.29) is 0 Å². The van der Waals surface area contributed by atoms with Crippen LogP contribution in [0, 0.1) is 0 Å². The minimum atomic E-state index is 0.401. The minimum absolute atomic E-state index is 0.401. The number of anilines is 2. The molecule has 0 amide bonds. The Morgan fingerprint density at radius 2 is 1.93 bits per heavy atom. The van der Waals surface area contributed by atoms with E-state index in [1.807, 2.05) is 0 Å². The number of aryl methyl sites for hydroxylation is 1. The topological polar surface area (TPSA) is 45.2 Å². The van der Waals surface area contributed by atoms with Gasteiger partial charge in [-0.1, -0.05) is 50.1 Å². The smallest absolute Gasteiger partial charge is 0.152 e. The number of hydrogen-bond acceptors (Lipinski definition) is 4. The second-order valence-corrected chi connectivity index (χ2v) is 8.24. The van der Waals surface area contributed by atoms with Crippen LogP contribution < -0.4 is 10.2 Å². The number of carbonyl (C=O) groups is 1.